The molecular formula is C13H7Br2F3O. The van der Waals surface area contributed by atoms with Gasteiger partial charge in [0.2, 0.25) is 0 Å². The van der Waals surface area contributed by atoms with Gasteiger partial charge in [0.25, 0.3) is 0 Å². The van der Waals surface area contributed by atoms with E-state index in [-0.39, 0.29) is 5.75 Å². The number of benzene rings is 2. The summed E-state index contributed by atoms with van der Waals surface area (Å²) in [5.41, 5.74) is 0.974. The summed E-state index contributed by atoms with van der Waals surface area (Å²) in [7, 11) is 0. The highest BCUT2D eigenvalue weighted by Gasteiger charge is 2.32. The molecule has 0 atom stereocenters. The molecule has 6 heteroatoms. The van der Waals surface area contributed by atoms with Crippen LogP contribution in [0.2, 0.25) is 0 Å². The number of alkyl halides is 3. The zero-order chi connectivity index (χ0) is 14.0. The summed E-state index contributed by atoms with van der Waals surface area (Å²) < 4.78 is 42.6. The van der Waals surface area contributed by atoms with Crippen LogP contribution < -0.4 is 4.74 Å². The highest BCUT2D eigenvalue weighted by molar-refractivity contribution is 9.11. The smallest absolute Gasteiger partial charge is 0.405 e. The van der Waals surface area contributed by atoms with Crippen LogP contribution in [0.25, 0.3) is 11.1 Å². The zero-order valence-electron chi connectivity index (χ0n) is 9.34. The number of hydrogen-bond donors (Lipinski definition) is 0. The van der Waals surface area contributed by atoms with Gasteiger partial charge in [-0.3, -0.25) is 0 Å². The Morgan fingerprint density at radius 2 is 1.47 bits per heavy atom. The maximum absolute atomic E-state index is 12.4. The Morgan fingerprint density at radius 3 is 2.11 bits per heavy atom. The Labute approximate surface area is 124 Å². The van der Waals surface area contributed by atoms with E-state index in [0.29, 0.717) is 20.1 Å². The van der Waals surface area contributed by atoms with Crippen molar-refractivity contribution >= 4 is 31.9 Å². The largest absolute Gasteiger partial charge is 0.573 e. The van der Waals surface area contributed by atoms with Crippen LogP contribution in [0.1, 0.15) is 0 Å². The molecule has 0 saturated heterocycles. The third kappa shape index (κ3) is 3.51. The zero-order valence-corrected chi connectivity index (χ0v) is 12.5. The van der Waals surface area contributed by atoms with E-state index in [1.807, 2.05) is 0 Å². The van der Waals surface area contributed by atoms with Gasteiger partial charge in [-0.15, -0.1) is 13.2 Å². The second-order valence-electron chi connectivity index (χ2n) is 3.64. The molecule has 0 aliphatic heterocycles. The highest BCUT2D eigenvalue weighted by Crippen LogP contribution is 2.41. The summed E-state index contributed by atoms with van der Waals surface area (Å²) >= 11 is 6.58. The normalized spacial score (nSPS) is 11.4. The van der Waals surface area contributed by atoms with Crippen LogP contribution in [0.3, 0.4) is 0 Å². The quantitative estimate of drug-likeness (QED) is 0.626. The summed E-state index contributed by atoms with van der Waals surface area (Å²) in [5, 5.41) is 0. The van der Waals surface area contributed by atoms with E-state index in [1.54, 1.807) is 30.3 Å². The van der Waals surface area contributed by atoms with Gasteiger partial charge in [0.1, 0.15) is 5.75 Å². The van der Waals surface area contributed by atoms with Gasteiger partial charge in [0.05, 0.1) is 0 Å². The third-order valence-electron chi connectivity index (χ3n) is 2.34. The number of rotatable bonds is 2. The lowest BCUT2D eigenvalue weighted by Crippen LogP contribution is -2.17. The van der Waals surface area contributed by atoms with Crippen molar-refractivity contribution in [1.29, 1.82) is 0 Å². The van der Waals surface area contributed by atoms with Gasteiger partial charge in [-0.2, -0.15) is 0 Å². The average Bonchev–Trinajstić information content (AvgIpc) is 2.29. The van der Waals surface area contributed by atoms with E-state index >= 15 is 0 Å². The van der Waals surface area contributed by atoms with Gasteiger partial charge in [-0.05, 0) is 18.2 Å². The second-order valence-corrected chi connectivity index (χ2v) is 5.35. The fourth-order valence-electron chi connectivity index (χ4n) is 1.64. The minimum atomic E-state index is -4.73. The van der Waals surface area contributed by atoms with Crippen molar-refractivity contribution in [2.45, 2.75) is 6.36 Å². The molecule has 0 spiro atoms. The summed E-state index contributed by atoms with van der Waals surface area (Å²) in [5.74, 6) is -0.242. The lowest BCUT2D eigenvalue weighted by Gasteiger charge is -2.15. The maximum Gasteiger partial charge on any atom is 0.573 e. The van der Waals surface area contributed by atoms with Crippen LogP contribution in [-0.4, -0.2) is 6.36 Å². The second kappa shape index (κ2) is 5.54. The summed E-state index contributed by atoms with van der Waals surface area (Å²) in [6.07, 6.45) is -4.73. The molecule has 2 aromatic carbocycles. The molecule has 0 aliphatic rings. The summed E-state index contributed by atoms with van der Waals surface area (Å²) in [6, 6.07) is 11.4. The van der Waals surface area contributed by atoms with Gasteiger partial charge < -0.3 is 4.74 Å². The molecule has 0 heterocycles. The molecule has 0 aromatic heterocycles. The molecular weight excluding hydrogens is 389 g/mol. The Balaban J connectivity index is 2.59. The monoisotopic (exact) mass is 394 g/mol. The molecule has 0 bridgehead atoms. The molecule has 0 aliphatic carbocycles. The van der Waals surface area contributed by atoms with Crippen LogP contribution in [0.15, 0.2) is 51.4 Å². The molecule has 0 fully saturated rings. The molecule has 0 N–H and O–H groups in total. The Kier molecular flexibility index (Phi) is 4.20. The lowest BCUT2D eigenvalue weighted by atomic mass is 10.0. The summed E-state index contributed by atoms with van der Waals surface area (Å²) in [4.78, 5) is 0. The Morgan fingerprint density at radius 1 is 0.842 bits per heavy atom. The molecule has 100 valence electrons. The van der Waals surface area contributed by atoms with E-state index in [1.165, 1.54) is 12.1 Å². The van der Waals surface area contributed by atoms with Gasteiger partial charge in [-0.1, -0.05) is 56.1 Å². The minimum absolute atomic E-state index is 0.242. The highest BCUT2D eigenvalue weighted by atomic mass is 79.9. The van der Waals surface area contributed by atoms with Crippen molar-refractivity contribution in [2.75, 3.05) is 0 Å². The van der Waals surface area contributed by atoms with E-state index in [0.717, 1.165) is 0 Å². The van der Waals surface area contributed by atoms with Crippen molar-refractivity contribution in [3.05, 3.63) is 51.4 Å². The first-order valence-corrected chi connectivity index (χ1v) is 6.76. The maximum atomic E-state index is 12.4. The molecule has 2 aromatic rings. The topological polar surface area (TPSA) is 9.23 Å². The number of ether oxygens (including phenoxy) is 1. The average molecular weight is 396 g/mol. The molecule has 0 radical (unpaired) electrons. The van der Waals surface area contributed by atoms with E-state index in [4.69, 9.17) is 0 Å². The number of halogens is 5. The van der Waals surface area contributed by atoms with Crippen molar-refractivity contribution in [3.63, 3.8) is 0 Å². The van der Waals surface area contributed by atoms with Gasteiger partial charge in [-0.25, -0.2) is 0 Å². The van der Waals surface area contributed by atoms with E-state index in [9.17, 15) is 13.2 Å². The van der Waals surface area contributed by atoms with Crippen LogP contribution in [0, 0.1) is 0 Å². The van der Waals surface area contributed by atoms with Crippen LogP contribution in [0.4, 0.5) is 13.2 Å². The SMILES string of the molecule is FC(F)(F)Oc1cccc(Br)c1-c1ccccc1Br. The van der Waals surface area contributed by atoms with E-state index in [2.05, 4.69) is 36.6 Å². The molecule has 0 saturated carbocycles. The van der Waals surface area contributed by atoms with Gasteiger partial charge in [0, 0.05) is 20.1 Å². The first-order chi connectivity index (χ1) is 8.88. The first-order valence-electron chi connectivity index (χ1n) is 5.17. The first kappa shape index (κ1) is 14.4. The number of hydrogen-bond acceptors (Lipinski definition) is 1. The Hall–Kier alpha value is -1.01. The van der Waals surface area contributed by atoms with Crippen LogP contribution in [0.5, 0.6) is 5.75 Å². The van der Waals surface area contributed by atoms with Crippen molar-refractivity contribution in [3.8, 4) is 16.9 Å². The minimum Gasteiger partial charge on any atom is -0.405 e. The van der Waals surface area contributed by atoms with Gasteiger partial charge in [0.15, 0.2) is 0 Å². The molecule has 0 amide bonds. The van der Waals surface area contributed by atoms with Gasteiger partial charge >= 0.3 is 6.36 Å². The van der Waals surface area contributed by atoms with Crippen LogP contribution in [-0.2, 0) is 0 Å². The third-order valence-corrected chi connectivity index (χ3v) is 3.70. The van der Waals surface area contributed by atoms with Crippen molar-refractivity contribution in [2.24, 2.45) is 0 Å². The lowest BCUT2D eigenvalue weighted by molar-refractivity contribution is -0.274. The molecule has 1 nitrogen and oxygen atoms in total. The Bertz CT molecular complexity index is 597. The van der Waals surface area contributed by atoms with E-state index < -0.39 is 6.36 Å². The van der Waals surface area contributed by atoms with Crippen LogP contribution >= 0.6 is 31.9 Å². The predicted molar refractivity (Wildman–Crippen MR) is 74.0 cm³/mol. The fourth-order valence-corrected chi connectivity index (χ4v) is 2.68. The molecule has 19 heavy (non-hydrogen) atoms. The van der Waals surface area contributed by atoms with Crippen molar-refractivity contribution in [1.82, 2.24) is 0 Å². The fraction of sp³-hybridized carbons (Fsp3) is 0.0769. The van der Waals surface area contributed by atoms with Crippen molar-refractivity contribution < 1.29 is 17.9 Å². The predicted octanol–water partition coefficient (Wildman–Crippen LogP) is 5.78. The standard InChI is InChI=1S/C13H7Br2F3O/c14-9-5-2-1-4-8(9)12-10(15)6-3-7-11(12)19-13(16,17)18/h1-7H. The molecule has 0 unspecified atom stereocenters. The summed E-state index contributed by atoms with van der Waals surface area (Å²) in [6.45, 7) is 0. The molecule has 2 rings (SSSR count).